The van der Waals surface area contributed by atoms with Crippen LogP contribution in [-0.4, -0.2) is 32.7 Å². The number of carbonyl (C=O) groups excluding carboxylic acids is 1. The molecule has 0 radical (unpaired) electrons. The van der Waals surface area contributed by atoms with Gasteiger partial charge in [0.15, 0.2) is 5.78 Å². The van der Waals surface area contributed by atoms with Crippen molar-refractivity contribution in [2.45, 2.75) is 13.3 Å². The van der Waals surface area contributed by atoms with E-state index in [0.29, 0.717) is 5.56 Å². The SMILES string of the molecule is CC[C@@H](/C=C/C=C/C=C/C(=O)c1c(O)c(-c2ccc(O)cc2)c[nH]c1=O)CO. The van der Waals surface area contributed by atoms with Gasteiger partial charge in [-0.05, 0) is 36.1 Å². The molecule has 146 valence electrons. The van der Waals surface area contributed by atoms with Crippen molar-refractivity contribution in [3.05, 3.63) is 82.8 Å². The highest BCUT2D eigenvalue weighted by molar-refractivity contribution is 6.07. The van der Waals surface area contributed by atoms with E-state index in [1.165, 1.54) is 30.5 Å². The zero-order valence-electron chi connectivity index (χ0n) is 15.5. The Morgan fingerprint density at radius 2 is 1.79 bits per heavy atom. The van der Waals surface area contributed by atoms with Crippen molar-refractivity contribution >= 4 is 5.78 Å². The molecule has 0 aliphatic rings. The van der Waals surface area contributed by atoms with Gasteiger partial charge >= 0.3 is 0 Å². The second-order valence-electron chi connectivity index (χ2n) is 6.15. The van der Waals surface area contributed by atoms with Gasteiger partial charge in [0.2, 0.25) is 0 Å². The Balaban J connectivity index is 2.20. The minimum absolute atomic E-state index is 0.0666. The molecule has 0 aliphatic heterocycles. The molecule has 28 heavy (non-hydrogen) atoms. The average molecular weight is 381 g/mol. The van der Waals surface area contributed by atoms with Gasteiger partial charge in [0, 0.05) is 18.4 Å². The number of aromatic amines is 1. The van der Waals surface area contributed by atoms with Crippen molar-refractivity contribution < 1.29 is 20.1 Å². The summed E-state index contributed by atoms with van der Waals surface area (Å²) in [6, 6.07) is 6.02. The molecule has 2 aromatic rings. The summed E-state index contributed by atoms with van der Waals surface area (Å²) in [4.78, 5) is 26.9. The molecule has 2 rings (SSSR count). The molecule has 1 aromatic heterocycles. The number of hydrogen-bond acceptors (Lipinski definition) is 5. The number of aliphatic hydroxyl groups is 1. The van der Waals surface area contributed by atoms with Gasteiger partial charge in [0.25, 0.3) is 5.56 Å². The van der Waals surface area contributed by atoms with E-state index in [-0.39, 0.29) is 29.4 Å². The maximum Gasteiger partial charge on any atom is 0.263 e. The summed E-state index contributed by atoms with van der Waals surface area (Å²) in [6.45, 7) is 2.05. The smallest absolute Gasteiger partial charge is 0.263 e. The van der Waals surface area contributed by atoms with Crippen LogP contribution in [0.15, 0.2) is 71.7 Å². The van der Waals surface area contributed by atoms with E-state index in [0.717, 1.165) is 6.42 Å². The average Bonchev–Trinajstić information content (AvgIpc) is 2.68. The van der Waals surface area contributed by atoms with Crippen molar-refractivity contribution in [1.29, 1.82) is 0 Å². The fraction of sp³-hybridized carbons (Fsp3) is 0.182. The van der Waals surface area contributed by atoms with Gasteiger partial charge < -0.3 is 20.3 Å². The number of carbonyl (C=O) groups is 1. The van der Waals surface area contributed by atoms with Gasteiger partial charge in [0.1, 0.15) is 17.1 Å². The third kappa shape index (κ3) is 5.31. The van der Waals surface area contributed by atoms with Gasteiger partial charge in [-0.2, -0.15) is 0 Å². The number of ketones is 1. The molecule has 0 aliphatic carbocycles. The number of allylic oxidation sites excluding steroid dienone is 5. The number of phenolic OH excluding ortho intramolecular Hbond substituents is 1. The van der Waals surface area contributed by atoms with Crippen LogP contribution in [-0.2, 0) is 0 Å². The van der Waals surface area contributed by atoms with Crippen molar-refractivity contribution in [2.24, 2.45) is 5.92 Å². The van der Waals surface area contributed by atoms with Gasteiger partial charge in [-0.1, -0.05) is 49.4 Å². The maximum absolute atomic E-state index is 12.4. The first-order valence-electron chi connectivity index (χ1n) is 8.88. The predicted molar refractivity (Wildman–Crippen MR) is 108 cm³/mol. The van der Waals surface area contributed by atoms with Crippen LogP contribution in [0.3, 0.4) is 0 Å². The molecule has 1 atom stereocenters. The Bertz CT molecular complexity index is 948. The normalized spacial score (nSPS) is 12.9. The number of aromatic nitrogens is 1. The first-order chi connectivity index (χ1) is 13.5. The lowest BCUT2D eigenvalue weighted by molar-refractivity contribution is 0.104. The van der Waals surface area contributed by atoms with Crippen LogP contribution in [0.2, 0.25) is 0 Å². The third-order valence-corrected chi connectivity index (χ3v) is 4.21. The van der Waals surface area contributed by atoms with Crippen LogP contribution >= 0.6 is 0 Å². The second kappa shape index (κ2) is 10.1. The van der Waals surface area contributed by atoms with Crippen LogP contribution in [0.4, 0.5) is 0 Å². The summed E-state index contributed by atoms with van der Waals surface area (Å²) in [7, 11) is 0. The van der Waals surface area contributed by atoms with Gasteiger partial charge in [-0.25, -0.2) is 0 Å². The largest absolute Gasteiger partial charge is 0.508 e. The monoisotopic (exact) mass is 381 g/mol. The van der Waals surface area contributed by atoms with Crippen LogP contribution in [0, 0.1) is 5.92 Å². The van der Waals surface area contributed by atoms with Crippen molar-refractivity contribution in [3.8, 4) is 22.6 Å². The molecular weight excluding hydrogens is 358 g/mol. The zero-order valence-corrected chi connectivity index (χ0v) is 15.5. The highest BCUT2D eigenvalue weighted by Crippen LogP contribution is 2.31. The van der Waals surface area contributed by atoms with Crippen LogP contribution in [0.5, 0.6) is 11.5 Å². The van der Waals surface area contributed by atoms with Gasteiger partial charge in [-0.3, -0.25) is 9.59 Å². The Morgan fingerprint density at radius 3 is 2.43 bits per heavy atom. The van der Waals surface area contributed by atoms with Crippen molar-refractivity contribution in [1.82, 2.24) is 4.98 Å². The number of benzene rings is 1. The number of rotatable bonds is 8. The summed E-state index contributed by atoms with van der Waals surface area (Å²) < 4.78 is 0. The molecule has 0 amide bonds. The minimum atomic E-state index is -0.688. The first-order valence-corrected chi connectivity index (χ1v) is 8.88. The summed E-state index contributed by atoms with van der Waals surface area (Å²) in [5.74, 6) is -0.887. The summed E-state index contributed by atoms with van der Waals surface area (Å²) in [5, 5.41) is 28.9. The standard InChI is InChI=1S/C22H23NO5/c1-2-15(14-24)7-5-3-4-6-8-19(26)20-21(27)18(13-23-22(20)28)16-9-11-17(25)12-10-16/h3-13,15,24-25H,2,14H2,1H3,(H2,23,27,28)/b4-3+,7-5+,8-6+/t15-/m0/s1. The Morgan fingerprint density at radius 1 is 1.11 bits per heavy atom. The summed E-state index contributed by atoms with van der Waals surface area (Å²) in [6.07, 6.45) is 11.8. The van der Waals surface area contributed by atoms with E-state index >= 15 is 0 Å². The number of nitrogens with one attached hydrogen (secondary N) is 1. The molecule has 0 saturated carbocycles. The molecule has 1 heterocycles. The number of pyridine rings is 1. The van der Waals surface area contributed by atoms with Gasteiger partial charge in [-0.15, -0.1) is 0 Å². The number of aliphatic hydroxyl groups excluding tert-OH is 1. The molecule has 4 N–H and O–H groups in total. The molecule has 0 unspecified atom stereocenters. The molecule has 0 fully saturated rings. The Kier molecular flexibility index (Phi) is 7.54. The first kappa shape index (κ1) is 20.9. The van der Waals surface area contributed by atoms with E-state index in [2.05, 4.69) is 4.98 Å². The quantitative estimate of drug-likeness (QED) is 0.318. The molecule has 0 saturated heterocycles. The molecule has 0 bridgehead atoms. The van der Waals surface area contributed by atoms with E-state index in [1.807, 2.05) is 13.0 Å². The lowest BCUT2D eigenvalue weighted by Gasteiger charge is -2.07. The van der Waals surface area contributed by atoms with Crippen molar-refractivity contribution in [2.75, 3.05) is 6.61 Å². The van der Waals surface area contributed by atoms with Crippen LogP contribution < -0.4 is 5.56 Å². The zero-order chi connectivity index (χ0) is 20.5. The molecule has 6 heteroatoms. The highest BCUT2D eigenvalue weighted by Gasteiger charge is 2.18. The van der Waals surface area contributed by atoms with Crippen molar-refractivity contribution in [3.63, 3.8) is 0 Å². The number of H-pyrrole nitrogens is 1. The molecule has 0 spiro atoms. The topological polar surface area (TPSA) is 111 Å². The molecule has 1 aromatic carbocycles. The highest BCUT2D eigenvalue weighted by atomic mass is 16.3. The molecule has 6 nitrogen and oxygen atoms in total. The van der Waals surface area contributed by atoms with E-state index in [9.17, 15) is 19.8 Å². The predicted octanol–water partition coefficient (Wildman–Crippen LogP) is 3.32. The number of aromatic hydroxyl groups is 2. The third-order valence-electron chi connectivity index (χ3n) is 4.21. The van der Waals surface area contributed by atoms with Crippen LogP contribution in [0.25, 0.3) is 11.1 Å². The summed E-state index contributed by atoms with van der Waals surface area (Å²) in [5.41, 5.74) is -0.210. The minimum Gasteiger partial charge on any atom is -0.508 e. The van der Waals surface area contributed by atoms with E-state index in [1.54, 1.807) is 30.4 Å². The maximum atomic E-state index is 12.4. The van der Waals surface area contributed by atoms with Gasteiger partial charge in [0.05, 0.1) is 0 Å². The van der Waals surface area contributed by atoms with Crippen LogP contribution in [0.1, 0.15) is 23.7 Å². The lowest BCUT2D eigenvalue weighted by Crippen LogP contribution is -2.16. The summed E-state index contributed by atoms with van der Waals surface area (Å²) >= 11 is 0. The lowest BCUT2D eigenvalue weighted by atomic mass is 10.0. The van der Waals surface area contributed by atoms with E-state index in [4.69, 9.17) is 5.11 Å². The van der Waals surface area contributed by atoms with E-state index < -0.39 is 17.1 Å². The fourth-order valence-electron chi connectivity index (χ4n) is 2.51. The Labute approximate surface area is 162 Å². The molecular formula is C22H23NO5. The Hall–Kier alpha value is -3.38. The fourth-order valence-corrected chi connectivity index (χ4v) is 2.51. The second-order valence-corrected chi connectivity index (χ2v) is 6.15. The number of phenols is 1. The number of hydrogen-bond donors (Lipinski definition) is 4.